The molecule has 140 valence electrons. The Morgan fingerprint density at radius 1 is 0.731 bits per heavy atom. The molecule has 0 unspecified atom stereocenters. The van der Waals surface area contributed by atoms with Crippen molar-refractivity contribution in [3.8, 4) is 0 Å². The molecule has 0 aliphatic heterocycles. The summed E-state index contributed by atoms with van der Waals surface area (Å²) >= 11 is 11.8. The minimum atomic E-state index is 0.0177. The van der Waals surface area contributed by atoms with Gasteiger partial charge in [0.25, 0.3) is 0 Å². The van der Waals surface area contributed by atoms with E-state index in [1.54, 1.807) is 0 Å². The third kappa shape index (κ3) is 4.92. The largest absolute Gasteiger partial charge is 0.288 e. The first kappa shape index (κ1) is 22.8. The number of ketones is 1. The third-order valence-electron chi connectivity index (χ3n) is 4.27. The molecule has 2 rings (SSSR count). The van der Waals surface area contributed by atoms with Crippen LogP contribution in [-0.2, 0) is 10.8 Å². The van der Waals surface area contributed by atoms with Gasteiger partial charge in [-0.1, -0.05) is 41.5 Å². The Morgan fingerprint density at radius 3 is 1.42 bits per heavy atom. The van der Waals surface area contributed by atoms with Gasteiger partial charge < -0.3 is 0 Å². The van der Waals surface area contributed by atoms with Gasteiger partial charge in [0.05, 0.1) is 5.56 Å². The quantitative estimate of drug-likeness (QED) is 0.228. The highest BCUT2D eigenvalue weighted by molar-refractivity contribution is 14.1. The Balaban J connectivity index is 2.61. The fraction of sp³-hybridized carbons (Fsp3) is 0.381. The maximum Gasteiger partial charge on any atom is 0.197 e. The van der Waals surface area contributed by atoms with Crippen LogP contribution in [0.2, 0.25) is 0 Å². The van der Waals surface area contributed by atoms with Gasteiger partial charge in [0.1, 0.15) is 0 Å². The third-order valence-corrected chi connectivity index (χ3v) is 7.22. The fourth-order valence-electron chi connectivity index (χ4n) is 2.57. The van der Waals surface area contributed by atoms with Crippen LogP contribution in [0, 0.1) is 7.14 Å². The van der Waals surface area contributed by atoms with Crippen LogP contribution in [0.25, 0.3) is 0 Å². The van der Waals surface area contributed by atoms with E-state index in [1.165, 1.54) is 11.1 Å². The van der Waals surface area contributed by atoms with Crippen molar-refractivity contribution in [2.24, 2.45) is 0 Å². The molecule has 26 heavy (non-hydrogen) atoms. The number of hydrogen-bond donors (Lipinski definition) is 0. The molecule has 0 bridgehead atoms. The number of rotatable bonds is 2. The summed E-state index contributed by atoms with van der Waals surface area (Å²) in [7, 11) is 0. The average Bonchev–Trinajstić information content (AvgIpc) is 2.43. The second kappa shape index (κ2) is 8.11. The zero-order valence-electron chi connectivity index (χ0n) is 15.7. The van der Waals surface area contributed by atoms with E-state index in [0.29, 0.717) is 5.56 Å². The summed E-state index contributed by atoms with van der Waals surface area (Å²) < 4.78 is 3.63. The molecule has 0 fully saturated rings. The van der Waals surface area contributed by atoms with Crippen molar-refractivity contribution in [3.63, 3.8) is 0 Å². The molecule has 0 aliphatic carbocycles. The normalized spacial score (nSPS) is 12.4. The van der Waals surface area contributed by atoms with Gasteiger partial charge in [-0.25, -0.2) is 0 Å². The molecule has 0 saturated carbocycles. The van der Waals surface area contributed by atoms with Gasteiger partial charge in [-0.2, -0.15) is 0 Å². The minimum Gasteiger partial charge on any atom is -0.288 e. The Hall–Kier alpha value is 0.530. The monoisotopic (exact) mass is 702 g/mol. The van der Waals surface area contributed by atoms with Crippen LogP contribution in [0.5, 0.6) is 0 Å². The number of carbonyl (C=O) groups is 1. The molecule has 2 aromatic carbocycles. The van der Waals surface area contributed by atoms with Crippen molar-refractivity contribution >= 4 is 82.8 Å². The highest BCUT2D eigenvalue weighted by Crippen LogP contribution is 2.36. The lowest BCUT2D eigenvalue weighted by Crippen LogP contribution is -2.16. The van der Waals surface area contributed by atoms with E-state index in [0.717, 1.165) is 21.6 Å². The summed E-state index contributed by atoms with van der Waals surface area (Å²) in [6, 6.07) is 8.37. The second-order valence-electron chi connectivity index (χ2n) is 8.46. The molecule has 5 heteroatoms. The van der Waals surface area contributed by atoms with Gasteiger partial charge in [-0.15, -0.1) is 0 Å². The topological polar surface area (TPSA) is 17.1 Å². The van der Waals surface area contributed by atoms with Crippen molar-refractivity contribution < 1.29 is 4.79 Å². The predicted molar refractivity (Wildman–Crippen MR) is 135 cm³/mol. The van der Waals surface area contributed by atoms with Gasteiger partial charge in [-0.3, -0.25) is 4.79 Å². The van der Waals surface area contributed by atoms with Crippen LogP contribution in [0.1, 0.15) is 68.6 Å². The molecule has 0 atom stereocenters. The lowest BCUT2D eigenvalue weighted by atomic mass is 9.85. The first-order valence-corrected chi connectivity index (χ1v) is 12.0. The molecule has 1 nitrogen and oxygen atoms in total. The number of carbonyl (C=O) groups excluding carboxylic acids is 1. The molecular weight excluding hydrogens is 682 g/mol. The van der Waals surface area contributed by atoms with Gasteiger partial charge >= 0.3 is 0 Å². The maximum atomic E-state index is 13.4. The lowest BCUT2D eigenvalue weighted by molar-refractivity contribution is 0.103. The molecule has 0 spiro atoms. The Kier molecular flexibility index (Phi) is 7.11. The van der Waals surface area contributed by atoms with E-state index in [9.17, 15) is 4.79 Å². The molecular formula is C21H22Br2I2O. The molecule has 0 N–H and O–H groups in total. The van der Waals surface area contributed by atoms with E-state index < -0.39 is 0 Å². The summed E-state index contributed by atoms with van der Waals surface area (Å²) in [5.41, 5.74) is 3.94. The first-order chi connectivity index (χ1) is 11.7. The van der Waals surface area contributed by atoms with Gasteiger partial charge in [0.2, 0.25) is 0 Å². The molecule has 0 heterocycles. The smallest absolute Gasteiger partial charge is 0.197 e. The zero-order chi connectivity index (χ0) is 20.0. The predicted octanol–water partition coefficient (Wildman–Crippen LogP) is 8.25. The van der Waals surface area contributed by atoms with Gasteiger partial charge in [0, 0.05) is 21.6 Å². The molecule has 0 amide bonds. The van der Waals surface area contributed by atoms with Crippen molar-refractivity contribution in [1.29, 1.82) is 0 Å². The van der Waals surface area contributed by atoms with E-state index >= 15 is 0 Å². The molecule has 0 aliphatic rings. The summed E-state index contributed by atoms with van der Waals surface area (Å²) in [4.78, 5) is 13.4. The van der Waals surface area contributed by atoms with Gasteiger partial charge in [0.15, 0.2) is 5.78 Å². The Bertz CT molecular complexity index is 757. The Labute approximate surface area is 200 Å². The SMILES string of the molecule is CC(C)(C)c1cc(Br)c(C(=O)c2c(I)cc(C(C)(C)C)cc2I)c(Br)c1. The summed E-state index contributed by atoms with van der Waals surface area (Å²) in [5, 5.41) is 0. The zero-order valence-corrected chi connectivity index (χ0v) is 23.2. The highest BCUT2D eigenvalue weighted by atomic mass is 127. The summed E-state index contributed by atoms with van der Waals surface area (Å²) in [6.45, 7) is 13.1. The average molecular weight is 704 g/mol. The number of benzene rings is 2. The van der Waals surface area contributed by atoms with Crippen LogP contribution in [0.4, 0.5) is 0 Å². The summed E-state index contributed by atoms with van der Waals surface area (Å²) in [6.07, 6.45) is 0. The van der Waals surface area contributed by atoms with Crippen molar-refractivity contribution in [2.75, 3.05) is 0 Å². The molecule has 0 radical (unpaired) electrons. The second-order valence-corrected chi connectivity index (χ2v) is 12.5. The fourth-order valence-corrected chi connectivity index (χ4v) is 6.38. The van der Waals surface area contributed by atoms with Gasteiger partial charge in [-0.05, 0) is 123 Å². The standard InChI is InChI=1S/C21H22Br2I2O/c1-20(2,3)11-7-13(22)17(14(23)8-11)19(26)18-15(24)9-12(10-16(18)25)21(4,5)6/h7-10H,1-6H3. The van der Waals surface area contributed by atoms with Crippen molar-refractivity contribution in [1.82, 2.24) is 0 Å². The van der Waals surface area contributed by atoms with E-state index in [-0.39, 0.29) is 16.6 Å². The van der Waals surface area contributed by atoms with Crippen molar-refractivity contribution in [2.45, 2.75) is 52.4 Å². The molecule has 2 aromatic rings. The Morgan fingerprint density at radius 2 is 1.08 bits per heavy atom. The minimum absolute atomic E-state index is 0.0177. The van der Waals surface area contributed by atoms with Crippen LogP contribution < -0.4 is 0 Å². The van der Waals surface area contributed by atoms with E-state index in [2.05, 4.69) is 143 Å². The number of halogens is 4. The molecule has 0 saturated heterocycles. The van der Waals surface area contributed by atoms with Crippen LogP contribution >= 0.6 is 77.0 Å². The number of hydrogen-bond acceptors (Lipinski definition) is 1. The van der Waals surface area contributed by atoms with Crippen LogP contribution in [-0.4, -0.2) is 5.78 Å². The van der Waals surface area contributed by atoms with Crippen LogP contribution in [0.15, 0.2) is 33.2 Å². The van der Waals surface area contributed by atoms with Crippen molar-refractivity contribution in [3.05, 3.63) is 62.6 Å². The first-order valence-electron chi connectivity index (χ1n) is 8.27. The van der Waals surface area contributed by atoms with Crippen LogP contribution in [0.3, 0.4) is 0 Å². The van der Waals surface area contributed by atoms with E-state index in [1.807, 2.05) is 0 Å². The molecule has 0 aromatic heterocycles. The lowest BCUT2D eigenvalue weighted by Gasteiger charge is -2.22. The maximum absolute atomic E-state index is 13.4. The highest BCUT2D eigenvalue weighted by Gasteiger charge is 2.26. The van der Waals surface area contributed by atoms with E-state index in [4.69, 9.17) is 0 Å². The summed E-state index contributed by atoms with van der Waals surface area (Å²) in [5.74, 6) is 0.0402.